The summed E-state index contributed by atoms with van der Waals surface area (Å²) in [6, 6.07) is 11.2. The van der Waals surface area contributed by atoms with Crippen molar-refractivity contribution < 1.29 is 14.3 Å². The van der Waals surface area contributed by atoms with E-state index in [0.29, 0.717) is 28.4 Å². The second-order valence-electron chi connectivity index (χ2n) is 8.86. The van der Waals surface area contributed by atoms with Crippen LogP contribution in [-0.2, 0) is 16.0 Å². The van der Waals surface area contributed by atoms with Gasteiger partial charge in [-0.2, -0.15) is 0 Å². The van der Waals surface area contributed by atoms with Gasteiger partial charge in [0.1, 0.15) is 17.4 Å². The molecule has 0 heterocycles. The minimum absolute atomic E-state index is 0.0646. The fraction of sp³-hybridized carbons (Fsp3) is 0.440. The molecule has 0 spiro atoms. The molecule has 0 N–H and O–H groups in total. The smallest absolute Gasteiger partial charge is 0.151 e. The van der Waals surface area contributed by atoms with Gasteiger partial charge in [-0.15, -0.1) is 0 Å². The summed E-state index contributed by atoms with van der Waals surface area (Å²) in [7, 11) is 0. The standard InChI is InChI=1S/C25H24BrClO3/c1-2-13-7-9-17(30-20-10-8-16(26)11-19(20)27)12-18(13)23-24(28)21-14-3-4-15(6-5-14)22(21)25(23)29/h7-12,14-15,21-23H,2-6H2,1H3. The van der Waals surface area contributed by atoms with Gasteiger partial charge in [0.2, 0.25) is 0 Å². The van der Waals surface area contributed by atoms with Crippen LogP contribution in [0.25, 0.3) is 0 Å². The molecular weight excluding hydrogens is 464 g/mol. The van der Waals surface area contributed by atoms with Crippen LogP contribution in [0.2, 0.25) is 5.02 Å². The lowest BCUT2D eigenvalue weighted by Crippen LogP contribution is -2.41. The van der Waals surface area contributed by atoms with Gasteiger partial charge in [0, 0.05) is 16.3 Å². The molecule has 4 aliphatic rings. The molecule has 4 aliphatic carbocycles. The normalized spacial score (nSPS) is 29.9. The monoisotopic (exact) mass is 486 g/mol. The first-order valence-corrected chi connectivity index (χ1v) is 12.0. The van der Waals surface area contributed by atoms with E-state index in [4.69, 9.17) is 16.3 Å². The molecule has 2 bridgehead atoms. The van der Waals surface area contributed by atoms with Crippen LogP contribution in [0, 0.1) is 23.7 Å². The van der Waals surface area contributed by atoms with Gasteiger partial charge in [0.25, 0.3) is 0 Å². The summed E-state index contributed by atoms with van der Waals surface area (Å²) in [6.07, 6.45) is 5.17. The number of aryl methyl sites for hydroxylation is 1. The predicted molar refractivity (Wildman–Crippen MR) is 120 cm³/mol. The molecule has 0 aliphatic heterocycles. The lowest BCUT2D eigenvalue weighted by Gasteiger charge is -2.43. The van der Waals surface area contributed by atoms with E-state index in [2.05, 4.69) is 22.9 Å². The molecule has 2 aromatic carbocycles. The average Bonchev–Trinajstić information content (AvgIpc) is 3.03. The first kappa shape index (κ1) is 20.3. The van der Waals surface area contributed by atoms with E-state index >= 15 is 0 Å². The van der Waals surface area contributed by atoms with Crippen molar-refractivity contribution in [1.82, 2.24) is 0 Å². The zero-order chi connectivity index (χ0) is 21.0. The summed E-state index contributed by atoms with van der Waals surface area (Å²) in [5.41, 5.74) is 1.87. The molecule has 2 atom stereocenters. The van der Waals surface area contributed by atoms with E-state index in [1.807, 2.05) is 24.3 Å². The van der Waals surface area contributed by atoms with Gasteiger partial charge in [-0.1, -0.05) is 40.5 Å². The number of hydrogen-bond donors (Lipinski definition) is 0. The fourth-order valence-electron chi connectivity index (χ4n) is 6.01. The number of carbonyl (C=O) groups excluding carboxylic acids is 2. The third-order valence-corrected chi connectivity index (χ3v) is 8.16. The Labute approximate surface area is 190 Å². The largest absolute Gasteiger partial charge is 0.456 e. The Hall–Kier alpha value is -1.65. The summed E-state index contributed by atoms with van der Waals surface area (Å²) >= 11 is 9.71. The maximum atomic E-state index is 13.5. The summed E-state index contributed by atoms with van der Waals surface area (Å²) < 4.78 is 6.91. The molecule has 0 amide bonds. The highest BCUT2D eigenvalue weighted by atomic mass is 79.9. The maximum Gasteiger partial charge on any atom is 0.151 e. The van der Waals surface area contributed by atoms with Gasteiger partial charge >= 0.3 is 0 Å². The summed E-state index contributed by atoms with van der Waals surface area (Å²) in [5.74, 6) is 1.46. The van der Waals surface area contributed by atoms with E-state index in [9.17, 15) is 9.59 Å². The van der Waals surface area contributed by atoms with Gasteiger partial charge in [0.05, 0.1) is 5.02 Å². The molecule has 4 fully saturated rings. The first-order chi connectivity index (χ1) is 14.5. The maximum absolute atomic E-state index is 13.5. The van der Waals surface area contributed by atoms with Crippen molar-refractivity contribution in [1.29, 1.82) is 0 Å². The third-order valence-electron chi connectivity index (χ3n) is 7.38. The molecule has 0 aromatic heterocycles. The molecule has 2 unspecified atom stereocenters. The Bertz CT molecular complexity index is 995. The molecule has 156 valence electrons. The van der Waals surface area contributed by atoms with Crippen molar-refractivity contribution in [3.63, 3.8) is 0 Å². The Morgan fingerprint density at radius 3 is 2.17 bits per heavy atom. The van der Waals surface area contributed by atoms with Crippen molar-refractivity contribution in [3.05, 3.63) is 57.0 Å². The highest BCUT2D eigenvalue weighted by Crippen LogP contribution is 2.56. The van der Waals surface area contributed by atoms with Crippen LogP contribution in [-0.4, -0.2) is 11.6 Å². The van der Waals surface area contributed by atoms with E-state index in [-0.39, 0.29) is 23.4 Å². The second-order valence-corrected chi connectivity index (χ2v) is 10.2. The van der Waals surface area contributed by atoms with Gasteiger partial charge in [-0.3, -0.25) is 9.59 Å². The van der Waals surface area contributed by atoms with E-state index in [0.717, 1.165) is 47.7 Å². The number of carbonyl (C=O) groups is 2. The molecule has 3 nitrogen and oxygen atoms in total. The lowest BCUT2D eigenvalue weighted by atomic mass is 9.59. The molecule has 0 saturated heterocycles. The lowest BCUT2D eigenvalue weighted by molar-refractivity contribution is -0.129. The third kappa shape index (κ3) is 3.23. The van der Waals surface area contributed by atoms with Crippen molar-refractivity contribution >= 4 is 39.1 Å². The van der Waals surface area contributed by atoms with Crippen LogP contribution < -0.4 is 4.74 Å². The molecule has 0 radical (unpaired) electrons. The van der Waals surface area contributed by atoms with Crippen LogP contribution >= 0.6 is 27.5 Å². The highest BCUT2D eigenvalue weighted by Gasteiger charge is 2.59. The second kappa shape index (κ2) is 7.80. The number of ketones is 2. The van der Waals surface area contributed by atoms with Crippen LogP contribution in [0.4, 0.5) is 0 Å². The molecule has 6 rings (SSSR count). The number of Topliss-reactive ketones (excluding diaryl/α,β-unsaturated/α-hetero) is 2. The Morgan fingerprint density at radius 1 is 0.967 bits per heavy atom. The number of fused-ring (bicyclic) bond motifs is 2. The van der Waals surface area contributed by atoms with Crippen LogP contribution in [0.5, 0.6) is 11.5 Å². The van der Waals surface area contributed by atoms with E-state index < -0.39 is 5.92 Å². The summed E-state index contributed by atoms with van der Waals surface area (Å²) in [5, 5.41) is 0.501. The topological polar surface area (TPSA) is 43.4 Å². The highest BCUT2D eigenvalue weighted by molar-refractivity contribution is 9.10. The molecule has 2 aromatic rings. The Kier molecular flexibility index (Phi) is 5.27. The first-order valence-electron chi connectivity index (χ1n) is 10.8. The minimum Gasteiger partial charge on any atom is -0.456 e. The number of hydrogen-bond acceptors (Lipinski definition) is 3. The van der Waals surface area contributed by atoms with Crippen LogP contribution in [0.1, 0.15) is 49.7 Å². The summed E-state index contributed by atoms with van der Waals surface area (Å²) in [6.45, 7) is 2.06. The molecule has 5 heteroatoms. The summed E-state index contributed by atoms with van der Waals surface area (Å²) in [4.78, 5) is 27.0. The van der Waals surface area contributed by atoms with Crippen molar-refractivity contribution in [2.45, 2.75) is 44.9 Å². The Morgan fingerprint density at radius 2 is 1.60 bits per heavy atom. The van der Waals surface area contributed by atoms with E-state index in [1.165, 1.54) is 0 Å². The number of rotatable bonds is 4. The van der Waals surface area contributed by atoms with Gasteiger partial charge in [-0.25, -0.2) is 0 Å². The quantitative estimate of drug-likeness (QED) is 0.448. The SMILES string of the molecule is CCc1ccc(Oc2ccc(Br)cc2Cl)cc1C1C(=O)C2C3CCC(CC3)C2C1=O. The predicted octanol–water partition coefficient (Wildman–Crippen LogP) is 6.75. The van der Waals surface area contributed by atoms with Crippen LogP contribution in [0.15, 0.2) is 40.9 Å². The van der Waals surface area contributed by atoms with Crippen molar-refractivity contribution in [2.75, 3.05) is 0 Å². The molecular formula is C25H24BrClO3. The van der Waals surface area contributed by atoms with Gasteiger partial charge in [0.15, 0.2) is 11.6 Å². The molecule has 30 heavy (non-hydrogen) atoms. The average molecular weight is 488 g/mol. The number of halogens is 2. The van der Waals surface area contributed by atoms with Crippen LogP contribution in [0.3, 0.4) is 0 Å². The molecule has 4 saturated carbocycles. The minimum atomic E-state index is -0.639. The Balaban J connectivity index is 1.51. The zero-order valence-electron chi connectivity index (χ0n) is 16.9. The zero-order valence-corrected chi connectivity index (χ0v) is 19.2. The van der Waals surface area contributed by atoms with Gasteiger partial charge in [-0.05, 0) is 85.4 Å². The fourth-order valence-corrected chi connectivity index (χ4v) is 6.72. The number of ether oxygens (including phenoxy) is 1. The number of benzene rings is 2. The van der Waals surface area contributed by atoms with Gasteiger partial charge < -0.3 is 4.74 Å². The van der Waals surface area contributed by atoms with E-state index in [1.54, 1.807) is 12.1 Å². The van der Waals surface area contributed by atoms with Crippen molar-refractivity contribution in [3.8, 4) is 11.5 Å². The van der Waals surface area contributed by atoms with Crippen molar-refractivity contribution in [2.24, 2.45) is 23.7 Å².